The van der Waals surface area contributed by atoms with Crippen LogP contribution in [-0.2, 0) is 2.84 Å². The smallest absolute Gasteiger partial charge is 0.536 e. The second-order valence-corrected chi connectivity index (χ2v) is 3.58. The van der Waals surface area contributed by atoms with Gasteiger partial charge >= 0.3 is 31.3 Å². The van der Waals surface area contributed by atoms with Crippen LogP contribution < -0.4 is 0 Å². The van der Waals surface area contributed by atoms with E-state index < -0.39 is 14.6 Å². The first kappa shape index (κ1) is 5.31. The Morgan fingerprint density at radius 1 is 2.00 bits per heavy atom. The van der Waals surface area contributed by atoms with Crippen molar-refractivity contribution in [2.75, 3.05) is 0 Å². The van der Waals surface area contributed by atoms with Crippen molar-refractivity contribution < 1.29 is 2.84 Å². The lowest BCUT2D eigenvalue weighted by atomic mass is 15.8. The Bertz CT molecular complexity index is 8.00. The van der Waals surface area contributed by atoms with Crippen LogP contribution in [0.2, 0.25) is 0 Å². The lowest BCUT2D eigenvalue weighted by Gasteiger charge is -1.73. The molecule has 0 atom stereocenters. The van der Waals surface area contributed by atoms with Crippen LogP contribution >= 0.6 is 10.0 Å². The summed E-state index contributed by atoms with van der Waals surface area (Å²) in [6.45, 7) is 0. The van der Waals surface area contributed by atoms with Crippen molar-refractivity contribution in [3.63, 3.8) is 0 Å². The summed E-state index contributed by atoms with van der Waals surface area (Å²) >= 11 is 0.278. The van der Waals surface area contributed by atoms with E-state index in [1.165, 1.54) is 0 Å². The molecule has 22 valence electrons. The van der Waals surface area contributed by atoms with Gasteiger partial charge in [-0.05, 0) is 0 Å². The highest BCUT2D eigenvalue weighted by Gasteiger charge is 1.70. The molecule has 4 heavy (non-hydrogen) atoms. The quantitative estimate of drug-likeness (QED) is 0.394. The van der Waals surface area contributed by atoms with Crippen molar-refractivity contribution in [3.05, 3.63) is 0 Å². The maximum Gasteiger partial charge on any atom is 0.536 e. The van der Waals surface area contributed by atoms with Gasteiger partial charge in [-0.1, -0.05) is 0 Å². The Morgan fingerprint density at radius 2 is 2.25 bits per heavy atom. The van der Waals surface area contributed by atoms with Gasteiger partial charge in [-0.15, -0.1) is 0 Å². The maximum absolute atomic E-state index is 5.14. The predicted octanol–water partition coefficient (Wildman–Crippen LogP) is -0.944. The fourth-order valence-corrected chi connectivity index (χ4v) is 0. The van der Waals surface area contributed by atoms with Crippen LogP contribution in [0.4, 0.5) is 0 Å². The summed E-state index contributed by atoms with van der Waals surface area (Å²) in [6, 6.07) is 0. The van der Waals surface area contributed by atoms with Crippen LogP contribution in [0.1, 0.15) is 0 Å². The molecule has 0 saturated heterocycles. The monoisotopic (exact) mass is 108 g/mol. The van der Waals surface area contributed by atoms with Crippen LogP contribution in [-0.4, -0.2) is 31.3 Å². The lowest BCUT2D eigenvalue weighted by molar-refractivity contribution is 0.683. The number of hydrogen-bond donors (Lipinski definition) is 0. The van der Waals surface area contributed by atoms with Crippen LogP contribution in [0.5, 0.6) is 0 Å². The van der Waals surface area contributed by atoms with Crippen LogP contribution in [0, 0.1) is 0 Å². The highest BCUT2D eigenvalue weighted by atomic mass is 35.6. The van der Waals surface area contributed by atoms with Gasteiger partial charge in [-0.3, -0.25) is 0 Å². The summed E-state index contributed by atoms with van der Waals surface area (Å²) in [5.74, 6) is 0. The first-order chi connectivity index (χ1) is 1.91. The second kappa shape index (κ2) is 4.31. The van der Waals surface area contributed by atoms with E-state index in [9.17, 15) is 0 Å². The first-order valence-electron chi connectivity index (χ1n) is 0.964. The summed E-state index contributed by atoms with van der Waals surface area (Å²) < 4.78 is 4.58. The van der Waals surface area contributed by atoms with E-state index in [2.05, 4.69) is 2.84 Å². The molecular weight excluding hydrogens is 105 g/mol. The van der Waals surface area contributed by atoms with Gasteiger partial charge in [-0.2, -0.15) is 0 Å². The molecule has 0 aromatic rings. The van der Waals surface area contributed by atoms with Gasteiger partial charge in [-0.25, -0.2) is 10.0 Å². The Hall–Kier alpha value is 1.31. The molecule has 0 N–H and O–H groups in total. The lowest BCUT2D eigenvalue weighted by Crippen LogP contribution is -1.78. The fourth-order valence-electron chi connectivity index (χ4n) is 0. The van der Waals surface area contributed by atoms with Crippen molar-refractivity contribution in [1.29, 1.82) is 0 Å². The Labute approximate surface area is 44.3 Å². The van der Waals surface area contributed by atoms with E-state index >= 15 is 0 Å². The summed E-state index contributed by atoms with van der Waals surface area (Å²) in [5.41, 5.74) is 0. The van der Waals surface area contributed by atoms with E-state index in [1.54, 1.807) is 0 Å². The zero-order valence-corrected chi connectivity index (χ0v) is 6.66. The van der Waals surface area contributed by atoms with Gasteiger partial charge in [0.25, 0.3) is 0 Å². The SMILES string of the molecule is [AlH2][O][AlH][Cl]. The van der Waals surface area contributed by atoms with Crippen LogP contribution in [0.15, 0.2) is 0 Å². The number of halogens is 1. The molecule has 0 aliphatic rings. The molecule has 0 radical (unpaired) electrons. The van der Waals surface area contributed by atoms with Crippen LogP contribution in [0.25, 0.3) is 0 Å². The third-order valence-corrected chi connectivity index (χ3v) is 2.95. The minimum Gasteiger partial charge on any atom is -0.633 e. The van der Waals surface area contributed by atoms with Crippen molar-refractivity contribution in [3.8, 4) is 0 Å². The Kier molecular flexibility index (Phi) is 5.73. The molecule has 0 aliphatic carbocycles. The zero-order valence-electron chi connectivity index (χ0n) is 2.49. The molecule has 0 amide bonds. The summed E-state index contributed by atoms with van der Waals surface area (Å²) in [6.07, 6.45) is 0. The second-order valence-electron chi connectivity index (χ2n) is 0.398. The molecule has 0 spiro atoms. The number of hydrogen-bond acceptors (Lipinski definition) is 1. The minimum absolute atomic E-state index is 0.542. The average molecular weight is 108 g/mol. The minimum atomic E-state index is -0.542. The van der Waals surface area contributed by atoms with Gasteiger partial charge in [0.05, 0.1) is 0 Å². The Morgan fingerprint density at radius 3 is 2.25 bits per heavy atom. The third kappa shape index (κ3) is 3.31. The molecule has 0 bridgehead atoms. The highest BCUT2D eigenvalue weighted by Crippen LogP contribution is 1.59. The first-order valence-corrected chi connectivity index (χ1v) is 4.50. The van der Waals surface area contributed by atoms with E-state index in [-0.39, 0.29) is 0 Å². The molecule has 4 heteroatoms. The molecular formula is H3Al2ClO. The van der Waals surface area contributed by atoms with E-state index in [1.807, 2.05) is 0 Å². The zero-order chi connectivity index (χ0) is 3.41. The normalized spacial score (nSPS) is 6.25. The van der Waals surface area contributed by atoms with Gasteiger partial charge in [0.1, 0.15) is 0 Å². The third-order valence-electron chi connectivity index (χ3n) is 0.109. The molecule has 0 saturated carbocycles. The standard InChI is InChI=1S/2Al.ClH.O.3H/h;;1H;;;;/q;+1;;;;;/p-1. The van der Waals surface area contributed by atoms with Gasteiger partial charge < -0.3 is 2.84 Å². The van der Waals surface area contributed by atoms with Gasteiger partial charge in [0.2, 0.25) is 0 Å². The molecule has 0 rings (SSSR count). The molecule has 0 unspecified atom stereocenters. The molecule has 0 heterocycles. The summed E-state index contributed by atoms with van der Waals surface area (Å²) in [5, 5.41) is 0. The Balaban J connectivity index is 1.97. The van der Waals surface area contributed by atoms with Gasteiger partial charge in [0.15, 0.2) is 0 Å². The average Bonchev–Trinajstić information content (AvgIpc) is 1.37. The van der Waals surface area contributed by atoms with Crippen molar-refractivity contribution in [1.82, 2.24) is 0 Å². The van der Waals surface area contributed by atoms with Crippen LogP contribution in [0.3, 0.4) is 0 Å². The maximum atomic E-state index is 5.14. The molecule has 0 fully saturated rings. The fraction of sp³-hybridized carbons (Fsp3) is 0. The van der Waals surface area contributed by atoms with E-state index in [0.717, 1.165) is 16.6 Å². The van der Waals surface area contributed by atoms with Crippen molar-refractivity contribution >= 4 is 41.3 Å². The molecule has 0 aromatic carbocycles. The van der Waals surface area contributed by atoms with Crippen molar-refractivity contribution in [2.24, 2.45) is 0 Å². The molecule has 1 nitrogen and oxygen atoms in total. The largest absolute Gasteiger partial charge is 0.633 e. The van der Waals surface area contributed by atoms with Gasteiger partial charge in [0, 0.05) is 0 Å². The van der Waals surface area contributed by atoms with E-state index in [0.29, 0.717) is 0 Å². The summed E-state index contributed by atoms with van der Waals surface area (Å²) in [7, 11) is 5.14. The number of rotatable bonds is 1. The summed E-state index contributed by atoms with van der Waals surface area (Å²) in [4.78, 5) is 0. The highest BCUT2D eigenvalue weighted by molar-refractivity contribution is 6.91. The van der Waals surface area contributed by atoms with E-state index in [4.69, 9.17) is 10.0 Å². The topological polar surface area (TPSA) is 9.23 Å². The van der Waals surface area contributed by atoms with Crippen molar-refractivity contribution in [2.45, 2.75) is 0 Å². The predicted molar refractivity (Wildman–Crippen MR) is 22.6 cm³/mol. The molecule has 0 aliphatic heterocycles. The molecule has 0 aromatic heterocycles.